The third kappa shape index (κ3) is 5.52. The van der Waals surface area contributed by atoms with Crippen molar-refractivity contribution < 1.29 is 4.79 Å². The van der Waals surface area contributed by atoms with E-state index in [4.69, 9.17) is 11.6 Å². The van der Waals surface area contributed by atoms with Gasteiger partial charge in [0.15, 0.2) is 5.82 Å². The van der Waals surface area contributed by atoms with Crippen LogP contribution >= 0.6 is 11.6 Å². The summed E-state index contributed by atoms with van der Waals surface area (Å²) in [5, 5.41) is 9.54. The molecule has 0 N–H and O–H groups in total. The molecule has 6 heteroatoms. The molecule has 0 bridgehead atoms. The van der Waals surface area contributed by atoms with E-state index in [9.17, 15) is 4.79 Å². The van der Waals surface area contributed by atoms with Crippen molar-refractivity contribution in [2.75, 3.05) is 31.1 Å². The SMILES string of the molecule is O=C(CC(c1ccccc1)c1ccccc1)N1CCN(c2ccc(-c3ccc(Cl)cc3)nn2)CC1. The summed E-state index contributed by atoms with van der Waals surface area (Å²) in [5.41, 5.74) is 4.13. The molecule has 0 atom stereocenters. The highest BCUT2D eigenvalue weighted by Crippen LogP contribution is 2.29. The third-order valence-electron chi connectivity index (χ3n) is 6.53. The van der Waals surface area contributed by atoms with Crippen LogP contribution in [0.3, 0.4) is 0 Å². The number of benzene rings is 3. The summed E-state index contributed by atoms with van der Waals surface area (Å²) in [5.74, 6) is 1.07. The van der Waals surface area contributed by atoms with E-state index in [2.05, 4.69) is 39.4 Å². The minimum absolute atomic E-state index is 0.0502. The van der Waals surface area contributed by atoms with E-state index in [-0.39, 0.29) is 11.8 Å². The van der Waals surface area contributed by atoms with Gasteiger partial charge in [-0.3, -0.25) is 4.79 Å². The molecule has 1 aliphatic heterocycles. The molecular weight excluding hydrogens is 456 g/mol. The zero-order valence-corrected chi connectivity index (χ0v) is 20.2. The van der Waals surface area contributed by atoms with Gasteiger partial charge in [-0.1, -0.05) is 84.4 Å². The van der Waals surface area contributed by atoms with E-state index in [0.29, 0.717) is 24.5 Å². The van der Waals surface area contributed by atoms with Crippen molar-refractivity contribution in [3.8, 4) is 11.3 Å². The van der Waals surface area contributed by atoms with Gasteiger partial charge >= 0.3 is 0 Å². The average Bonchev–Trinajstić information content (AvgIpc) is 2.93. The molecule has 35 heavy (non-hydrogen) atoms. The van der Waals surface area contributed by atoms with Crippen LogP contribution in [0.4, 0.5) is 5.82 Å². The molecule has 0 spiro atoms. The van der Waals surface area contributed by atoms with Gasteiger partial charge in [-0.2, -0.15) is 0 Å². The molecule has 1 aliphatic rings. The van der Waals surface area contributed by atoms with Gasteiger partial charge in [0.1, 0.15) is 0 Å². The molecule has 0 aliphatic carbocycles. The standard InChI is InChI=1S/C29H27ClN4O/c30-25-13-11-24(12-14-25)27-15-16-28(32-31-27)33-17-19-34(20-18-33)29(35)21-26(22-7-3-1-4-8-22)23-9-5-2-6-10-23/h1-16,26H,17-21H2. The molecule has 1 aromatic heterocycles. The van der Waals surface area contributed by atoms with Gasteiger partial charge in [0.2, 0.25) is 5.91 Å². The number of piperazine rings is 1. The number of carbonyl (C=O) groups is 1. The van der Waals surface area contributed by atoms with Crippen molar-refractivity contribution >= 4 is 23.3 Å². The van der Waals surface area contributed by atoms with Gasteiger partial charge < -0.3 is 9.80 Å². The van der Waals surface area contributed by atoms with Crippen LogP contribution in [0.15, 0.2) is 97.1 Å². The largest absolute Gasteiger partial charge is 0.352 e. The summed E-state index contributed by atoms with van der Waals surface area (Å²) in [7, 11) is 0. The molecule has 1 amide bonds. The monoisotopic (exact) mass is 482 g/mol. The van der Waals surface area contributed by atoms with Gasteiger partial charge in [-0.15, -0.1) is 10.2 Å². The molecule has 1 fully saturated rings. The molecule has 0 unspecified atom stereocenters. The number of halogens is 1. The zero-order valence-electron chi connectivity index (χ0n) is 19.4. The molecule has 5 nitrogen and oxygen atoms in total. The maximum Gasteiger partial charge on any atom is 0.223 e. The van der Waals surface area contributed by atoms with E-state index in [1.807, 2.05) is 77.7 Å². The number of anilines is 1. The summed E-state index contributed by atoms with van der Waals surface area (Å²) in [6.45, 7) is 2.83. The van der Waals surface area contributed by atoms with Gasteiger partial charge in [0.05, 0.1) is 5.69 Å². The summed E-state index contributed by atoms with van der Waals surface area (Å²) in [4.78, 5) is 17.5. The van der Waals surface area contributed by atoms with Crippen molar-refractivity contribution in [3.05, 3.63) is 113 Å². The first-order valence-corrected chi connectivity index (χ1v) is 12.3. The summed E-state index contributed by atoms with van der Waals surface area (Å²) < 4.78 is 0. The molecule has 4 aromatic rings. The van der Waals surface area contributed by atoms with Crippen molar-refractivity contribution in [2.24, 2.45) is 0 Å². The number of hydrogen-bond acceptors (Lipinski definition) is 4. The highest BCUT2D eigenvalue weighted by atomic mass is 35.5. The Bertz CT molecular complexity index is 1200. The Labute approximate surface area is 211 Å². The van der Waals surface area contributed by atoms with Crippen molar-refractivity contribution in [1.29, 1.82) is 0 Å². The quantitative estimate of drug-likeness (QED) is 0.355. The number of rotatable bonds is 6. The van der Waals surface area contributed by atoms with Crippen LogP contribution in [-0.2, 0) is 4.79 Å². The first-order valence-electron chi connectivity index (χ1n) is 11.9. The maximum absolute atomic E-state index is 13.3. The molecular formula is C29H27ClN4O. The predicted molar refractivity (Wildman–Crippen MR) is 141 cm³/mol. The lowest BCUT2D eigenvalue weighted by atomic mass is 9.88. The number of aromatic nitrogens is 2. The fraction of sp³-hybridized carbons (Fsp3) is 0.207. The lowest BCUT2D eigenvalue weighted by Gasteiger charge is -2.36. The topological polar surface area (TPSA) is 49.3 Å². The van der Waals surface area contributed by atoms with Crippen LogP contribution in [0.2, 0.25) is 5.02 Å². The van der Waals surface area contributed by atoms with Gasteiger partial charge in [0, 0.05) is 49.1 Å². The second-order valence-corrected chi connectivity index (χ2v) is 9.17. The van der Waals surface area contributed by atoms with Crippen LogP contribution in [0.5, 0.6) is 0 Å². The molecule has 3 aromatic carbocycles. The third-order valence-corrected chi connectivity index (χ3v) is 6.78. The fourth-order valence-electron chi connectivity index (χ4n) is 4.56. The van der Waals surface area contributed by atoms with Crippen molar-refractivity contribution in [2.45, 2.75) is 12.3 Å². The molecule has 1 saturated heterocycles. The second-order valence-electron chi connectivity index (χ2n) is 8.73. The van der Waals surface area contributed by atoms with E-state index in [1.165, 1.54) is 11.1 Å². The van der Waals surface area contributed by atoms with Gasteiger partial charge in [0.25, 0.3) is 0 Å². The normalized spacial score (nSPS) is 13.8. The number of nitrogens with zero attached hydrogens (tertiary/aromatic N) is 4. The average molecular weight is 483 g/mol. The Kier molecular flexibility index (Phi) is 7.05. The molecule has 0 radical (unpaired) electrons. The Hall–Kier alpha value is -3.70. The highest BCUT2D eigenvalue weighted by Gasteiger charge is 2.26. The van der Waals surface area contributed by atoms with Crippen molar-refractivity contribution in [1.82, 2.24) is 15.1 Å². The first-order chi connectivity index (χ1) is 17.2. The smallest absolute Gasteiger partial charge is 0.223 e. The van der Waals surface area contributed by atoms with E-state index in [1.54, 1.807) is 0 Å². The predicted octanol–water partition coefficient (Wildman–Crippen LogP) is 5.67. The fourth-order valence-corrected chi connectivity index (χ4v) is 4.68. The van der Waals surface area contributed by atoms with E-state index in [0.717, 1.165) is 30.2 Å². The Morgan fingerprint density at radius 1 is 0.743 bits per heavy atom. The minimum atomic E-state index is 0.0502. The molecule has 2 heterocycles. The van der Waals surface area contributed by atoms with Gasteiger partial charge in [-0.25, -0.2) is 0 Å². The summed E-state index contributed by atoms with van der Waals surface area (Å²) in [6, 6.07) is 32.1. The van der Waals surface area contributed by atoms with Gasteiger partial charge in [-0.05, 0) is 35.4 Å². The van der Waals surface area contributed by atoms with E-state index >= 15 is 0 Å². The van der Waals surface area contributed by atoms with E-state index < -0.39 is 0 Å². The summed E-state index contributed by atoms with van der Waals surface area (Å²) >= 11 is 5.98. The Balaban J connectivity index is 1.22. The minimum Gasteiger partial charge on any atom is -0.352 e. The number of amides is 1. The number of hydrogen-bond donors (Lipinski definition) is 0. The van der Waals surface area contributed by atoms with Crippen LogP contribution in [0.25, 0.3) is 11.3 Å². The lowest BCUT2D eigenvalue weighted by Crippen LogP contribution is -2.49. The number of carbonyl (C=O) groups excluding carboxylic acids is 1. The Morgan fingerprint density at radius 3 is 1.89 bits per heavy atom. The second kappa shape index (κ2) is 10.7. The molecule has 176 valence electrons. The zero-order chi connectivity index (χ0) is 24.0. The Morgan fingerprint density at radius 2 is 1.34 bits per heavy atom. The highest BCUT2D eigenvalue weighted by molar-refractivity contribution is 6.30. The summed E-state index contributed by atoms with van der Waals surface area (Å²) in [6.07, 6.45) is 0.462. The van der Waals surface area contributed by atoms with Crippen molar-refractivity contribution in [3.63, 3.8) is 0 Å². The van der Waals surface area contributed by atoms with Crippen LogP contribution < -0.4 is 4.90 Å². The molecule has 5 rings (SSSR count). The molecule has 0 saturated carbocycles. The lowest BCUT2D eigenvalue weighted by molar-refractivity contribution is -0.131. The maximum atomic E-state index is 13.3. The van der Waals surface area contributed by atoms with Crippen LogP contribution in [0.1, 0.15) is 23.5 Å². The van der Waals surface area contributed by atoms with Crippen LogP contribution in [0, 0.1) is 0 Å². The first kappa shape index (κ1) is 23.1. The van der Waals surface area contributed by atoms with Crippen LogP contribution in [-0.4, -0.2) is 47.2 Å².